The molecule has 1 unspecified atom stereocenters. The van der Waals surface area contributed by atoms with Gasteiger partial charge in [0.15, 0.2) is 0 Å². The molecule has 0 aliphatic carbocycles. The molecule has 2 aromatic rings. The van der Waals surface area contributed by atoms with E-state index >= 15 is 0 Å². The summed E-state index contributed by atoms with van der Waals surface area (Å²) in [6.45, 7) is 9.34. The van der Waals surface area contributed by atoms with Crippen molar-refractivity contribution in [2.45, 2.75) is 72.0 Å². The van der Waals surface area contributed by atoms with E-state index in [2.05, 4.69) is 20.2 Å². The number of aryl methyl sites for hydroxylation is 1. The van der Waals surface area contributed by atoms with Crippen molar-refractivity contribution in [1.82, 2.24) is 25.1 Å². The number of hydrogen-bond donors (Lipinski definition) is 2. The number of ketones is 1. The Hall–Kier alpha value is -3.12. The molecule has 38 heavy (non-hydrogen) atoms. The van der Waals surface area contributed by atoms with Crippen molar-refractivity contribution in [2.24, 2.45) is 11.8 Å². The first kappa shape index (κ1) is 29.4. The summed E-state index contributed by atoms with van der Waals surface area (Å²) in [5.74, 6) is -1.97. The number of carbonyl (C=O) groups is 3. The van der Waals surface area contributed by atoms with Crippen molar-refractivity contribution in [3.63, 3.8) is 0 Å². The third kappa shape index (κ3) is 7.47. The number of aromatic nitrogens is 2. The number of nitrogens with one attached hydrogen (secondary N) is 2. The summed E-state index contributed by atoms with van der Waals surface area (Å²) in [4.78, 5) is 41.2. The molecule has 2 amide bonds. The molecule has 3 rings (SSSR count). The van der Waals surface area contributed by atoms with Crippen LogP contribution in [0.25, 0.3) is 0 Å². The van der Waals surface area contributed by atoms with E-state index in [1.807, 2.05) is 31.2 Å². The van der Waals surface area contributed by atoms with Gasteiger partial charge in [-0.15, -0.1) is 10.2 Å². The first-order valence-corrected chi connectivity index (χ1v) is 14.7. The molecule has 0 radical (unpaired) electrons. The Morgan fingerprint density at radius 2 is 1.79 bits per heavy atom. The van der Waals surface area contributed by atoms with Crippen LogP contribution in [-0.4, -0.2) is 72.0 Å². The Morgan fingerprint density at radius 1 is 1.11 bits per heavy atom. The molecule has 0 spiro atoms. The van der Waals surface area contributed by atoms with Gasteiger partial charge in [0.05, 0.1) is 18.7 Å². The minimum absolute atomic E-state index is 0.191. The summed E-state index contributed by atoms with van der Waals surface area (Å²) < 4.78 is 31.6. The van der Waals surface area contributed by atoms with Gasteiger partial charge in [-0.2, -0.15) is 0 Å². The SMILES string of the molecule is Cc1cccc(Cc2nnc(C(=O)C(NC(=O)[C@@H]3CCCN3C(=O)[C@@H](NS(C)(=O)=O)C(C)C)C(C)C)o2)c1. The fourth-order valence-electron chi connectivity index (χ4n) is 4.52. The van der Waals surface area contributed by atoms with Crippen molar-refractivity contribution < 1.29 is 27.2 Å². The zero-order chi connectivity index (χ0) is 28.2. The lowest BCUT2D eigenvalue weighted by Crippen LogP contribution is -2.57. The molecule has 208 valence electrons. The summed E-state index contributed by atoms with van der Waals surface area (Å²) in [5.41, 5.74) is 2.06. The van der Waals surface area contributed by atoms with Gasteiger partial charge in [0.2, 0.25) is 33.5 Å². The Labute approximate surface area is 223 Å². The van der Waals surface area contributed by atoms with Crippen molar-refractivity contribution in [3.8, 4) is 0 Å². The van der Waals surface area contributed by atoms with Gasteiger partial charge in [-0.05, 0) is 37.2 Å². The maximum absolute atomic E-state index is 13.3. The number of carbonyl (C=O) groups excluding carboxylic acids is 3. The van der Waals surface area contributed by atoms with Crippen LogP contribution in [0.3, 0.4) is 0 Å². The minimum atomic E-state index is -3.64. The molecule has 1 saturated heterocycles. The van der Waals surface area contributed by atoms with Gasteiger partial charge < -0.3 is 14.6 Å². The second-order valence-electron chi connectivity index (χ2n) is 10.6. The van der Waals surface area contributed by atoms with Crippen LogP contribution in [0.4, 0.5) is 0 Å². The van der Waals surface area contributed by atoms with Gasteiger partial charge in [-0.25, -0.2) is 13.1 Å². The topological polar surface area (TPSA) is 152 Å². The first-order valence-electron chi connectivity index (χ1n) is 12.8. The number of rotatable bonds is 11. The van der Waals surface area contributed by atoms with Gasteiger partial charge in [0.1, 0.15) is 12.1 Å². The van der Waals surface area contributed by atoms with Gasteiger partial charge in [-0.3, -0.25) is 14.4 Å². The minimum Gasteiger partial charge on any atom is -0.418 e. The number of hydrogen-bond acceptors (Lipinski definition) is 8. The molecular formula is C26H37N5O6S. The van der Waals surface area contributed by atoms with Crippen LogP contribution in [0.15, 0.2) is 28.7 Å². The zero-order valence-electron chi connectivity index (χ0n) is 22.7. The molecule has 2 heterocycles. The Bertz CT molecular complexity index is 1270. The van der Waals surface area contributed by atoms with Crippen molar-refractivity contribution in [3.05, 3.63) is 47.2 Å². The van der Waals surface area contributed by atoms with Crippen LogP contribution in [-0.2, 0) is 26.0 Å². The van der Waals surface area contributed by atoms with E-state index < -0.39 is 45.7 Å². The molecule has 12 heteroatoms. The molecule has 0 saturated carbocycles. The van der Waals surface area contributed by atoms with Gasteiger partial charge >= 0.3 is 0 Å². The standard InChI is InChI=1S/C26H37N5O6S/c1-15(2)21(23(32)25-29-28-20(37-25)14-18-10-7-9-17(5)13-18)27-24(33)19-11-8-12-31(19)26(34)22(16(3)4)30-38(6,35)36/h7,9-10,13,15-16,19,21-22,30H,8,11-12,14H2,1-6H3,(H,27,33)/t19-,21?,22-/m0/s1. The average molecular weight is 548 g/mol. The van der Waals surface area contributed by atoms with E-state index in [1.165, 1.54) is 4.90 Å². The number of amides is 2. The highest BCUT2D eigenvalue weighted by Gasteiger charge is 2.40. The van der Waals surface area contributed by atoms with Crippen LogP contribution in [0.1, 0.15) is 68.2 Å². The molecule has 1 aromatic heterocycles. The molecule has 11 nitrogen and oxygen atoms in total. The van der Waals surface area contributed by atoms with Crippen molar-refractivity contribution in [1.29, 1.82) is 0 Å². The number of Topliss-reactive ketones (excluding diaryl/α,β-unsaturated/α-hetero) is 1. The number of sulfonamides is 1. The maximum atomic E-state index is 13.3. The molecule has 1 aliphatic heterocycles. The van der Waals surface area contributed by atoms with Crippen LogP contribution >= 0.6 is 0 Å². The predicted molar refractivity (Wildman–Crippen MR) is 141 cm³/mol. The normalized spacial score (nSPS) is 17.6. The van der Waals surface area contributed by atoms with E-state index in [4.69, 9.17) is 4.42 Å². The molecule has 1 aromatic carbocycles. The number of benzene rings is 1. The van der Waals surface area contributed by atoms with E-state index in [-0.39, 0.29) is 17.7 Å². The maximum Gasteiger partial charge on any atom is 0.286 e. The second kappa shape index (κ2) is 12.2. The Balaban J connectivity index is 1.72. The van der Waals surface area contributed by atoms with Crippen LogP contribution in [0.5, 0.6) is 0 Å². The lowest BCUT2D eigenvalue weighted by Gasteiger charge is -2.31. The van der Waals surface area contributed by atoms with Crippen LogP contribution < -0.4 is 10.0 Å². The van der Waals surface area contributed by atoms with E-state index in [1.54, 1.807) is 27.7 Å². The summed E-state index contributed by atoms with van der Waals surface area (Å²) in [7, 11) is -3.64. The molecule has 1 aliphatic rings. The molecule has 2 N–H and O–H groups in total. The van der Waals surface area contributed by atoms with Crippen LogP contribution in [0.2, 0.25) is 0 Å². The zero-order valence-corrected chi connectivity index (χ0v) is 23.5. The quantitative estimate of drug-likeness (QED) is 0.405. The first-order chi connectivity index (χ1) is 17.8. The van der Waals surface area contributed by atoms with Gasteiger partial charge in [0, 0.05) is 6.54 Å². The fourth-order valence-corrected chi connectivity index (χ4v) is 5.36. The highest BCUT2D eigenvalue weighted by Crippen LogP contribution is 2.22. The highest BCUT2D eigenvalue weighted by molar-refractivity contribution is 7.88. The van der Waals surface area contributed by atoms with Crippen molar-refractivity contribution >= 4 is 27.6 Å². The summed E-state index contributed by atoms with van der Waals surface area (Å²) >= 11 is 0. The fraction of sp³-hybridized carbons (Fsp3) is 0.577. The largest absolute Gasteiger partial charge is 0.418 e. The molecule has 1 fully saturated rings. The van der Waals surface area contributed by atoms with E-state index in [0.29, 0.717) is 31.7 Å². The average Bonchev–Trinajstić information content (AvgIpc) is 3.49. The van der Waals surface area contributed by atoms with Gasteiger partial charge in [0.25, 0.3) is 5.89 Å². The molecular weight excluding hydrogens is 510 g/mol. The van der Waals surface area contributed by atoms with Gasteiger partial charge in [-0.1, -0.05) is 57.5 Å². The number of likely N-dealkylation sites (tertiary alicyclic amines) is 1. The summed E-state index contributed by atoms with van der Waals surface area (Å²) in [5, 5.41) is 10.7. The summed E-state index contributed by atoms with van der Waals surface area (Å²) in [6, 6.07) is 5.07. The molecule has 0 bridgehead atoms. The van der Waals surface area contributed by atoms with Crippen LogP contribution in [0, 0.1) is 18.8 Å². The van der Waals surface area contributed by atoms with Crippen molar-refractivity contribution in [2.75, 3.05) is 12.8 Å². The number of nitrogens with zero attached hydrogens (tertiary/aromatic N) is 3. The lowest BCUT2D eigenvalue weighted by atomic mass is 9.98. The third-order valence-corrected chi connectivity index (χ3v) is 7.16. The Kier molecular flexibility index (Phi) is 9.42. The van der Waals surface area contributed by atoms with E-state index in [9.17, 15) is 22.8 Å². The predicted octanol–water partition coefficient (Wildman–Crippen LogP) is 1.86. The monoisotopic (exact) mass is 547 g/mol. The summed E-state index contributed by atoms with van der Waals surface area (Å²) in [6.07, 6.45) is 2.35. The van der Waals surface area contributed by atoms with E-state index in [0.717, 1.165) is 17.4 Å². The lowest BCUT2D eigenvalue weighted by molar-refractivity contribution is -0.140. The third-order valence-electron chi connectivity index (χ3n) is 6.47. The molecule has 3 atom stereocenters. The highest BCUT2D eigenvalue weighted by atomic mass is 32.2. The smallest absolute Gasteiger partial charge is 0.286 e. The second-order valence-corrected chi connectivity index (χ2v) is 12.3. The Morgan fingerprint density at radius 3 is 2.39 bits per heavy atom.